The molecular weight excluding hydrogens is 246 g/mol. The molecule has 5 nitrogen and oxygen atoms in total. The van der Waals surface area contributed by atoms with Crippen molar-refractivity contribution in [2.45, 2.75) is 13.8 Å². The van der Waals surface area contributed by atoms with Crippen LogP contribution in [0.3, 0.4) is 0 Å². The van der Waals surface area contributed by atoms with Gasteiger partial charge in [0.1, 0.15) is 11.3 Å². The minimum absolute atomic E-state index is 0.0125. The fraction of sp³-hybridized carbons (Fsp3) is 0.286. The van der Waals surface area contributed by atoms with E-state index in [0.29, 0.717) is 23.3 Å². The largest absolute Gasteiger partial charge is 0.494 e. The van der Waals surface area contributed by atoms with Crippen LogP contribution in [-0.2, 0) is 4.74 Å². The van der Waals surface area contributed by atoms with Crippen molar-refractivity contribution < 1.29 is 14.3 Å². The van der Waals surface area contributed by atoms with Gasteiger partial charge in [-0.25, -0.2) is 4.79 Å². The number of aromatic amines is 1. The first-order chi connectivity index (χ1) is 9.17. The van der Waals surface area contributed by atoms with Crippen molar-refractivity contribution in [2.24, 2.45) is 0 Å². The summed E-state index contributed by atoms with van der Waals surface area (Å²) in [6.07, 6.45) is 1.37. The van der Waals surface area contributed by atoms with Crippen molar-refractivity contribution in [3.63, 3.8) is 0 Å². The molecule has 1 aromatic heterocycles. The summed E-state index contributed by atoms with van der Waals surface area (Å²) in [6.45, 7) is 4.37. The van der Waals surface area contributed by atoms with Crippen LogP contribution in [0.5, 0.6) is 5.75 Å². The summed E-state index contributed by atoms with van der Waals surface area (Å²) in [6, 6.07) is 5.08. The molecule has 2 aromatic rings. The van der Waals surface area contributed by atoms with Crippen molar-refractivity contribution in [1.82, 2.24) is 4.98 Å². The molecule has 0 aliphatic rings. The molecule has 0 bridgehead atoms. The van der Waals surface area contributed by atoms with Crippen LogP contribution < -0.4 is 10.2 Å². The average Bonchev–Trinajstić information content (AvgIpc) is 2.39. The monoisotopic (exact) mass is 261 g/mol. The molecule has 1 aromatic carbocycles. The molecule has 1 heterocycles. The van der Waals surface area contributed by atoms with Gasteiger partial charge in [-0.3, -0.25) is 4.79 Å². The lowest BCUT2D eigenvalue weighted by atomic mass is 10.1. The van der Waals surface area contributed by atoms with E-state index in [0.717, 1.165) is 0 Å². The van der Waals surface area contributed by atoms with Crippen LogP contribution >= 0.6 is 0 Å². The lowest BCUT2D eigenvalue weighted by Crippen LogP contribution is -2.18. The zero-order valence-corrected chi connectivity index (χ0v) is 10.9. The van der Waals surface area contributed by atoms with E-state index >= 15 is 0 Å². The maximum absolute atomic E-state index is 12.2. The Balaban J connectivity index is 2.51. The smallest absolute Gasteiger partial charge is 0.343 e. The van der Waals surface area contributed by atoms with Gasteiger partial charge in [-0.05, 0) is 26.0 Å². The SMILES string of the molecule is CCOC(=O)c1c[nH]c2cc(OCC)ccc2c1=O. The highest BCUT2D eigenvalue weighted by Crippen LogP contribution is 2.17. The third kappa shape index (κ3) is 2.59. The summed E-state index contributed by atoms with van der Waals surface area (Å²) in [4.78, 5) is 26.7. The predicted molar refractivity (Wildman–Crippen MR) is 71.7 cm³/mol. The average molecular weight is 261 g/mol. The van der Waals surface area contributed by atoms with Gasteiger partial charge >= 0.3 is 5.97 Å². The Hall–Kier alpha value is -2.30. The van der Waals surface area contributed by atoms with Crippen LogP contribution in [0.1, 0.15) is 24.2 Å². The van der Waals surface area contributed by atoms with Crippen LogP contribution in [0.4, 0.5) is 0 Å². The third-order valence-electron chi connectivity index (χ3n) is 2.66. The van der Waals surface area contributed by atoms with E-state index in [9.17, 15) is 9.59 Å². The van der Waals surface area contributed by atoms with Gasteiger partial charge in [-0.2, -0.15) is 0 Å². The van der Waals surface area contributed by atoms with Crippen molar-refractivity contribution in [2.75, 3.05) is 13.2 Å². The van der Waals surface area contributed by atoms with E-state index in [4.69, 9.17) is 9.47 Å². The van der Waals surface area contributed by atoms with E-state index in [1.165, 1.54) is 6.20 Å². The minimum Gasteiger partial charge on any atom is -0.494 e. The lowest BCUT2D eigenvalue weighted by Gasteiger charge is -2.06. The molecule has 0 radical (unpaired) electrons. The topological polar surface area (TPSA) is 68.4 Å². The molecule has 0 saturated heterocycles. The molecule has 0 aliphatic heterocycles. The lowest BCUT2D eigenvalue weighted by molar-refractivity contribution is 0.0524. The predicted octanol–water partition coefficient (Wildman–Crippen LogP) is 2.10. The summed E-state index contributed by atoms with van der Waals surface area (Å²) in [7, 11) is 0. The van der Waals surface area contributed by atoms with Crippen LogP contribution in [-0.4, -0.2) is 24.2 Å². The number of benzene rings is 1. The van der Waals surface area contributed by atoms with Gasteiger partial charge in [0, 0.05) is 17.6 Å². The summed E-state index contributed by atoms with van der Waals surface area (Å²) >= 11 is 0. The van der Waals surface area contributed by atoms with Gasteiger partial charge in [0.2, 0.25) is 5.43 Å². The number of nitrogens with one attached hydrogen (secondary N) is 1. The standard InChI is InChI=1S/C14H15NO4/c1-3-18-9-5-6-10-12(7-9)15-8-11(13(10)16)14(17)19-4-2/h5-8H,3-4H2,1-2H3,(H,15,16). The van der Waals surface area contributed by atoms with Crippen molar-refractivity contribution in [3.05, 3.63) is 40.2 Å². The van der Waals surface area contributed by atoms with Gasteiger partial charge in [0.05, 0.1) is 18.7 Å². The number of hydrogen-bond donors (Lipinski definition) is 1. The number of carbonyl (C=O) groups excluding carboxylic acids is 1. The molecule has 19 heavy (non-hydrogen) atoms. The molecule has 0 amide bonds. The van der Waals surface area contributed by atoms with Gasteiger partial charge < -0.3 is 14.5 Å². The molecule has 2 rings (SSSR count). The molecule has 1 N–H and O–H groups in total. The van der Waals surface area contributed by atoms with E-state index in [-0.39, 0.29) is 17.6 Å². The molecule has 100 valence electrons. The number of rotatable bonds is 4. The first kappa shape index (κ1) is 13.1. The second kappa shape index (κ2) is 5.56. The van der Waals surface area contributed by atoms with Crippen LogP contribution in [0, 0.1) is 0 Å². The molecule has 5 heteroatoms. The fourth-order valence-corrected chi connectivity index (χ4v) is 1.82. The Kier molecular flexibility index (Phi) is 3.85. The molecule has 0 atom stereocenters. The zero-order chi connectivity index (χ0) is 13.8. The normalized spacial score (nSPS) is 10.4. The number of pyridine rings is 1. The van der Waals surface area contributed by atoms with Gasteiger partial charge in [-0.1, -0.05) is 0 Å². The Bertz CT molecular complexity index is 660. The first-order valence-electron chi connectivity index (χ1n) is 6.12. The fourth-order valence-electron chi connectivity index (χ4n) is 1.82. The molecule has 0 saturated carbocycles. The Labute approximate surface area is 110 Å². The second-order valence-corrected chi connectivity index (χ2v) is 3.89. The molecule has 0 spiro atoms. The molecule has 0 aliphatic carbocycles. The van der Waals surface area contributed by atoms with Crippen LogP contribution in [0.2, 0.25) is 0 Å². The van der Waals surface area contributed by atoms with Crippen molar-refractivity contribution in [3.8, 4) is 5.75 Å². The number of hydrogen-bond acceptors (Lipinski definition) is 4. The Morgan fingerprint density at radius 1 is 1.26 bits per heavy atom. The van der Waals surface area contributed by atoms with E-state index < -0.39 is 5.97 Å². The number of fused-ring (bicyclic) bond motifs is 1. The third-order valence-corrected chi connectivity index (χ3v) is 2.66. The second-order valence-electron chi connectivity index (χ2n) is 3.89. The summed E-state index contributed by atoms with van der Waals surface area (Å²) in [5.41, 5.74) is 0.303. The van der Waals surface area contributed by atoms with E-state index in [2.05, 4.69) is 4.98 Å². The Morgan fingerprint density at radius 3 is 2.74 bits per heavy atom. The van der Waals surface area contributed by atoms with Gasteiger partial charge in [-0.15, -0.1) is 0 Å². The van der Waals surface area contributed by atoms with E-state index in [1.54, 1.807) is 25.1 Å². The number of ether oxygens (including phenoxy) is 2. The number of esters is 1. The highest BCUT2D eigenvalue weighted by atomic mass is 16.5. The summed E-state index contributed by atoms with van der Waals surface area (Å²) < 4.78 is 10.2. The first-order valence-corrected chi connectivity index (χ1v) is 6.12. The summed E-state index contributed by atoms with van der Waals surface area (Å²) in [5, 5.41) is 0.439. The zero-order valence-electron chi connectivity index (χ0n) is 10.9. The number of aromatic nitrogens is 1. The maximum atomic E-state index is 12.2. The molecule has 0 unspecified atom stereocenters. The molecular formula is C14H15NO4. The van der Waals surface area contributed by atoms with Gasteiger partial charge in [0.15, 0.2) is 0 Å². The minimum atomic E-state index is -0.612. The van der Waals surface area contributed by atoms with E-state index in [1.807, 2.05) is 6.92 Å². The maximum Gasteiger partial charge on any atom is 0.343 e. The quantitative estimate of drug-likeness (QED) is 0.856. The number of H-pyrrole nitrogens is 1. The van der Waals surface area contributed by atoms with Crippen LogP contribution in [0.15, 0.2) is 29.2 Å². The highest BCUT2D eigenvalue weighted by Gasteiger charge is 2.13. The van der Waals surface area contributed by atoms with Crippen LogP contribution in [0.25, 0.3) is 10.9 Å². The Morgan fingerprint density at radius 2 is 2.05 bits per heavy atom. The van der Waals surface area contributed by atoms with Gasteiger partial charge in [0.25, 0.3) is 0 Å². The van der Waals surface area contributed by atoms with Crippen molar-refractivity contribution in [1.29, 1.82) is 0 Å². The highest BCUT2D eigenvalue weighted by molar-refractivity contribution is 5.93. The number of carbonyl (C=O) groups is 1. The summed E-state index contributed by atoms with van der Waals surface area (Å²) in [5.74, 6) is 0.0640. The molecule has 0 fully saturated rings. The van der Waals surface area contributed by atoms with Crippen molar-refractivity contribution >= 4 is 16.9 Å².